The van der Waals surface area contributed by atoms with Crippen molar-refractivity contribution in [2.24, 2.45) is 0 Å². The van der Waals surface area contributed by atoms with E-state index in [2.05, 4.69) is 64.7 Å². The fourth-order valence-electron chi connectivity index (χ4n) is 1.78. The van der Waals surface area contributed by atoms with E-state index in [-0.39, 0.29) is 22.8 Å². The first kappa shape index (κ1) is 15.4. The normalized spacial score (nSPS) is 10.3. The highest BCUT2D eigenvalue weighted by Gasteiger charge is 2.11. The first-order valence-corrected chi connectivity index (χ1v) is 8.04. The van der Waals surface area contributed by atoms with Crippen LogP contribution in [0.2, 0.25) is 0 Å². The lowest BCUT2D eigenvalue weighted by Gasteiger charge is -2.05. The molecule has 0 aliphatic carbocycles. The van der Waals surface area contributed by atoms with E-state index in [4.69, 9.17) is 0 Å². The van der Waals surface area contributed by atoms with Gasteiger partial charge in [0, 0.05) is 16.4 Å². The molecule has 0 fully saturated rings. The number of nitrogens with zero attached hydrogens (tertiary/aromatic N) is 3. The van der Waals surface area contributed by atoms with Crippen molar-refractivity contribution in [1.82, 2.24) is 20.3 Å². The van der Waals surface area contributed by atoms with Crippen molar-refractivity contribution in [1.29, 1.82) is 0 Å². The zero-order valence-electron chi connectivity index (χ0n) is 11.6. The Morgan fingerprint density at radius 3 is 3.04 bits per heavy atom. The van der Waals surface area contributed by atoms with Gasteiger partial charge in [-0.3, -0.25) is 9.78 Å². The maximum Gasteiger partial charge on any atom is 0.292 e. The number of halogens is 2. The standard InChI is InChI=1S/C14H9FIN5O2/c15-9-7-8(3-1-2-6-16)4-5-10(9)17-13-14(22)19-12-11(18-13)20-23-21-12/h4-5,7H,2,6H2,(H,17,18,20)(H,19,21,22). The molecule has 9 heteroatoms. The zero-order chi connectivity index (χ0) is 16.2. The van der Waals surface area contributed by atoms with Crippen molar-refractivity contribution >= 4 is 45.4 Å². The molecule has 0 unspecified atom stereocenters. The molecule has 116 valence electrons. The highest BCUT2D eigenvalue weighted by Crippen LogP contribution is 2.18. The topological polar surface area (TPSA) is 96.7 Å². The second kappa shape index (κ2) is 6.74. The van der Waals surface area contributed by atoms with Gasteiger partial charge in [0.2, 0.25) is 11.3 Å². The molecule has 2 N–H and O–H groups in total. The van der Waals surface area contributed by atoms with E-state index in [1.807, 2.05) is 0 Å². The third-order valence-corrected chi connectivity index (χ3v) is 3.35. The van der Waals surface area contributed by atoms with Crippen LogP contribution in [-0.2, 0) is 0 Å². The Balaban J connectivity index is 1.88. The quantitative estimate of drug-likeness (QED) is 0.380. The third-order valence-electron chi connectivity index (χ3n) is 2.81. The van der Waals surface area contributed by atoms with E-state index in [0.717, 1.165) is 10.8 Å². The molecule has 2 heterocycles. The van der Waals surface area contributed by atoms with Gasteiger partial charge >= 0.3 is 0 Å². The first-order valence-electron chi connectivity index (χ1n) is 6.51. The van der Waals surface area contributed by atoms with Gasteiger partial charge in [-0.25, -0.2) is 9.02 Å². The molecule has 0 saturated heterocycles. The SMILES string of the molecule is O=c1[nH]c2nonc2nc1Nc1ccc(C#CCCI)cc1F. The van der Waals surface area contributed by atoms with Crippen LogP contribution in [0.1, 0.15) is 12.0 Å². The molecule has 0 bridgehead atoms. The lowest BCUT2D eigenvalue weighted by molar-refractivity contribution is 0.314. The van der Waals surface area contributed by atoms with Crippen LogP contribution in [-0.4, -0.2) is 24.7 Å². The Hall–Kier alpha value is -2.48. The molecule has 1 aromatic carbocycles. The fraction of sp³-hybridized carbons (Fsp3) is 0.143. The Morgan fingerprint density at radius 1 is 1.39 bits per heavy atom. The molecule has 7 nitrogen and oxygen atoms in total. The van der Waals surface area contributed by atoms with E-state index in [1.165, 1.54) is 12.1 Å². The van der Waals surface area contributed by atoms with Gasteiger partial charge in [-0.2, -0.15) is 4.98 Å². The molecule has 0 saturated carbocycles. The molecule has 0 amide bonds. The lowest BCUT2D eigenvalue weighted by Crippen LogP contribution is -2.14. The van der Waals surface area contributed by atoms with Crippen molar-refractivity contribution in [3.63, 3.8) is 0 Å². The lowest BCUT2D eigenvalue weighted by atomic mass is 10.2. The molecule has 0 aliphatic heterocycles. The minimum atomic E-state index is -0.557. The van der Waals surface area contributed by atoms with E-state index in [9.17, 15) is 9.18 Å². The Morgan fingerprint density at radius 2 is 2.26 bits per heavy atom. The second-order valence-electron chi connectivity index (χ2n) is 4.41. The van der Waals surface area contributed by atoms with Crippen LogP contribution in [0.3, 0.4) is 0 Å². The van der Waals surface area contributed by atoms with Gasteiger partial charge in [0.15, 0.2) is 5.82 Å². The summed E-state index contributed by atoms with van der Waals surface area (Å²) in [5.41, 5.74) is 0.364. The van der Waals surface area contributed by atoms with E-state index >= 15 is 0 Å². The maximum atomic E-state index is 14.1. The van der Waals surface area contributed by atoms with Crippen LogP contribution in [0.25, 0.3) is 11.3 Å². The van der Waals surface area contributed by atoms with Gasteiger partial charge in [-0.1, -0.05) is 34.4 Å². The summed E-state index contributed by atoms with van der Waals surface area (Å²) in [5, 5.41) is 9.62. The van der Waals surface area contributed by atoms with Gasteiger partial charge in [0.1, 0.15) is 5.82 Å². The fourth-order valence-corrected chi connectivity index (χ4v) is 2.05. The molecule has 3 rings (SSSR count). The predicted molar refractivity (Wildman–Crippen MR) is 90.3 cm³/mol. The Labute approximate surface area is 142 Å². The number of aromatic amines is 1. The molecule has 23 heavy (non-hydrogen) atoms. The number of alkyl halides is 1. The van der Waals surface area contributed by atoms with Gasteiger partial charge in [0.25, 0.3) is 5.56 Å². The van der Waals surface area contributed by atoms with Gasteiger partial charge in [-0.05, 0) is 28.5 Å². The van der Waals surface area contributed by atoms with Crippen molar-refractivity contribution in [3.05, 3.63) is 39.9 Å². The average molecular weight is 425 g/mol. The summed E-state index contributed by atoms with van der Waals surface area (Å²) in [6, 6.07) is 4.46. The molecule has 2 aromatic heterocycles. The number of anilines is 2. The van der Waals surface area contributed by atoms with Crippen molar-refractivity contribution in [2.75, 3.05) is 9.74 Å². The van der Waals surface area contributed by atoms with Crippen LogP contribution >= 0.6 is 22.6 Å². The summed E-state index contributed by atoms with van der Waals surface area (Å²) < 4.78 is 19.5. The number of aromatic nitrogens is 4. The molecular formula is C14H9FIN5O2. The number of benzene rings is 1. The molecule has 0 spiro atoms. The van der Waals surface area contributed by atoms with Crippen LogP contribution in [0.5, 0.6) is 0 Å². The molecule has 0 radical (unpaired) electrons. The predicted octanol–water partition coefficient (Wildman–Crippen LogP) is 2.37. The van der Waals surface area contributed by atoms with Crippen LogP contribution in [0, 0.1) is 17.7 Å². The monoisotopic (exact) mass is 425 g/mol. The van der Waals surface area contributed by atoms with Gasteiger partial charge < -0.3 is 5.32 Å². The van der Waals surface area contributed by atoms with E-state index in [1.54, 1.807) is 6.07 Å². The highest BCUT2D eigenvalue weighted by molar-refractivity contribution is 14.1. The number of rotatable bonds is 3. The third kappa shape index (κ3) is 3.48. The van der Waals surface area contributed by atoms with Crippen LogP contribution in [0.15, 0.2) is 27.6 Å². The zero-order valence-corrected chi connectivity index (χ0v) is 13.7. The van der Waals surface area contributed by atoms with E-state index < -0.39 is 11.4 Å². The van der Waals surface area contributed by atoms with Gasteiger partial charge in [-0.15, -0.1) is 0 Å². The van der Waals surface area contributed by atoms with Crippen molar-refractivity contribution in [2.45, 2.75) is 6.42 Å². The summed E-state index contributed by atoms with van der Waals surface area (Å²) in [6.07, 6.45) is 0.743. The number of hydrogen-bond acceptors (Lipinski definition) is 6. The minimum Gasteiger partial charge on any atom is -0.333 e. The van der Waals surface area contributed by atoms with E-state index in [0.29, 0.717) is 5.56 Å². The van der Waals surface area contributed by atoms with Crippen LogP contribution < -0.4 is 10.9 Å². The number of nitrogens with one attached hydrogen (secondary N) is 2. The average Bonchev–Trinajstić information content (AvgIpc) is 2.97. The molecular weight excluding hydrogens is 416 g/mol. The van der Waals surface area contributed by atoms with Crippen molar-refractivity contribution in [3.8, 4) is 11.8 Å². The molecule has 0 aliphatic rings. The summed E-state index contributed by atoms with van der Waals surface area (Å²) in [7, 11) is 0. The van der Waals surface area contributed by atoms with Crippen molar-refractivity contribution < 1.29 is 9.02 Å². The van der Waals surface area contributed by atoms with Crippen LogP contribution in [0.4, 0.5) is 15.9 Å². The Kier molecular flexibility index (Phi) is 4.52. The summed E-state index contributed by atoms with van der Waals surface area (Å²) in [4.78, 5) is 18.2. The summed E-state index contributed by atoms with van der Waals surface area (Å²) in [6.45, 7) is 0. The number of hydrogen-bond donors (Lipinski definition) is 2. The highest BCUT2D eigenvalue weighted by atomic mass is 127. The smallest absolute Gasteiger partial charge is 0.292 e. The number of fused-ring (bicyclic) bond motifs is 1. The van der Waals surface area contributed by atoms with Gasteiger partial charge in [0.05, 0.1) is 5.69 Å². The summed E-state index contributed by atoms with van der Waals surface area (Å²) >= 11 is 2.22. The molecule has 3 aromatic rings. The minimum absolute atomic E-state index is 0.101. The summed E-state index contributed by atoms with van der Waals surface area (Å²) in [5.74, 6) is 5.17. The first-order chi connectivity index (χ1) is 11.2. The maximum absolute atomic E-state index is 14.1. The Bertz CT molecular complexity index is 972. The largest absolute Gasteiger partial charge is 0.333 e. The molecule has 0 atom stereocenters. The second-order valence-corrected chi connectivity index (χ2v) is 5.49. The number of H-pyrrole nitrogens is 1.